The van der Waals surface area contributed by atoms with Gasteiger partial charge in [0.15, 0.2) is 21.5 Å². The minimum absolute atomic E-state index is 0.0758. The molecule has 0 bridgehead atoms. The van der Waals surface area contributed by atoms with Crippen molar-refractivity contribution in [3.8, 4) is 5.75 Å². The van der Waals surface area contributed by atoms with E-state index in [1.165, 1.54) is 24.3 Å². The number of halogens is 3. The van der Waals surface area contributed by atoms with Crippen molar-refractivity contribution in [2.75, 3.05) is 6.26 Å². The largest absolute Gasteiger partial charge is 0.474 e. The molecular formula is C20H12F3NO5S. The normalized spacial score (nSPS) is 16.0. The molecule has 154 valence electrons. The van der Waals surface area contributed by atoms with Gasteiger partial charge < -0.3 is 4.74 Å². The molecule has 0 fully saturated rings. The van der Waals surface area contributed by atoms with Gasteiger partial charge in [0.2, 0.25) is 6.10 Å². The molecule has 0 aromatic heterocycles. The molecule has 3 aromatic carbocycles. The van der Waals surface area contributed by atoms with Crippen LogP contribution in [-0.2, 0) is 9.84 Å². The van der Waals surface area contributed by atoms with Crippen molar-refractivity contribution < 1.29 is 31.2 Å². The molecule has 1 unspecified atom stereocenters. The van der Waals surface area contributed by atoms with Gasteiger partial charge in [-0.1, -0.05) is 12.1 Å². The first-order chi connectivity index (χ1) is 14.1. The second-order valence-electron chi connectivity index (χ2n) is 6.74. The van der Waals surface area contributed by atoms with E-state index >= 15 is 0 Å². The van der Waals surface area contributed by atoms with Crippen LogP contribution in [-0.4, -0.2) is 19.6 Å². The predicted molar refractivity (Wildman–Crippen MR) is 102 cm³/mol. The van der Waals surface area contributed by atoms with Crippen LogP contribution >= 0.6 is 0 Å². The summed E-state index contributed by atoms with van der Waals surface area (Å²) in [5, 5.41) is 12.6. The fraction of sp³-hybridized carbons (Fsp3) is 0.100. The molecule has 6 nitrogen and oxygen atoms in total. The number of hydrogen-bond acceptors (Lipinski definition) is 5. The Labute approximate surface area is 168 Å². The Kier molecular flexibility index (Phi) is 4.53. The van der Waals surface area contributed by atoms with Gasteiger partial charge in [-0.15, -0.1) is 0 Å². The minimum atomic E-state index is -3.46. The average Bonchev–Trinajstić information content (AvgIpc) is 2.68. The first kappa shape index (κ1) is 19.9. The van der Waals surface area contributed by atoms with Crippen LogP contribution in [0.4, 0.5) is 13.2 Å². The topological polar surface area (TPSA) is 86.5 Å². The Hall–Kier alpha value is -3.40. The Morgan fingerprint density at radius 3 is 2.37 bits per heavy atom. The van der Waals surface area contributed by atoms with Crippen molar-refractivity contribution in [1.29, 1.82) is 0 Å². The molecule has 0 saturated heterocycles. The van der Waals surface area contributed by atoms with Crippen LogP contribution in [0.5, 0.6) is 5.75 Å². The molecule has 3 aromatic rings. The third-order valence-electron chi connectivity index (χ3n) is 4.76. The zero-order chi connectivity index (χ0) is 21.8. The molecular weight excluding hydrogens is 423 g/mol. The molecule has 4 rings (SSSR count). The molecule has 30 heavy (non-hydrogen) atoms. The Balaban J connectivity index is 1.91. The maximum Gasteiger partial charge on any atom is 0.291 e. The molecule has 1 heterocycles. The van der Waals surface area contributed by atoms with Crippen molar-refractivity contribution in [2.45, 2.75) is 11.0 Å². The van der Waals surface area contributed by atoms with Gasteiger partial charge in [0.1, 0.15) is 11.6 Å². The first-order valence-electron chi connectivity index (χ1n) is 8.50. The second-order valence-corrected chi connectivity index (χ2v) is 8.76. The van der Waals surface area contributed by atoms with Crippen molar-refractivity contribution >= 4 is 26.7 Å². The summed E-state index contributed by atoms with van der Waals surface area (Å²) in [7, 11) is -3.46. The number of benzene rings is 3. The number of ether oxygens (including phenoxy) is 1. The van der Waals surface area contributed by atoms with Crippen molar-refractivity contribution in [3.05, 3.63) is 86.9 Å². The van der Waals surface area contributed by atoms with Crippen LogP contribution < -0.4 is 4.74 Å². The lowest BCUT2D eigenvalue weighted by Gasteiger charge is -2.24. The maximum atomic E-state index is 14.2. The zero-order valence-electron chi connectivity index (χ0n) is 15.2. The molecule has 0 aliphatic carbocycles. The molecule has 0 saturated carbocycles. The number of nitro groups is 1. The van der Waals surface area contributed by atoms with Gasteiger partial charge in [-0.2, -0.15) is 0 Å². The van der Waals surface area contributed by atoms with Gasteiger partial charge in [0.25, 0.3) is 5.70 Å². The highest BCUT2D eigenvalue weighted by Gasteiger charge is 2.36. The van der Waals surface area contributed by atoms with Crippen LogP contribution in [0.2, 0.25) is 0 Å². The predicted octanol–water partition coefficient (Wildman–Crippen LogP) is 4.41. The van der Waals surface area contributed by atoms with Gasteiger partial charge in [0.05, 0.1) is 9.82 Å². The number of nitrogens with zero attached hydrogens (tertiary/aromatic N) is 1. The van der Waals surface area contributed by atoms with Crippen LogP contribution in [0.25, 0.3) is 16.8 Å². The van der Waals surface area contributed by atoms with E-state index in [4.69, 9.17) is 4.74 Å². The standard InChI is InChI=1S/C20H12F3NO5S/c1-30(27,28)11-3-4-12-10(6-11)2-5-19-13(12)8-18(24(25)26)20(29-19)14-7-16(22)17(23)9-15(14)21/h2-9,20H,1H3. The molecule has 0 amide bonds. The smallest absolute Gasteiger partial charge is 0.291 e. The van der Waals surface area contributed by atoms with Crippen LogP contribution in [0.1, 0.15) is 17.2 Å². The minimum Gasteiger partial charge on any atom is -0.474 e. The number of fused-ring (bicyclic) bond motifs is 3. The Morgan fingerprint density at radius 2 is 1.70 bits per heavy atom. The number of rotatable bonds is 3. The second kappa shape index (κ2) is 6.84. The van der Waals surface area contributed by atoms with Crippen LogP contribution in [0.3, 0.4) is 0 Å². The molecule has 0 spiro atoms. The zero-order valence-corrected chi connectivity index (χ0v) is 16.0. The fourth-order valence-electron chi connectivity index (χ4n) is 3.32. The fourth-order valence-corrected chi connectivity index (χ4v) is 3.97. The summed E-state index contributed by atoms with van der Waals surface area (Å²) in [6.07, 6.45) is 0.615. The number of sulfone groups is 1. The van der Waals surface area contributed by atoms with E-state index in [2.05, 4.69) is 0 Å². The molecule has 10 heteroatoms. The quantitative estimate of drug-likeness (QED) is 0.346. The third kappa shape index (κ3) is 3.28. The summed E-state index contributed by atoms with van der Waals surface area (Å²) in [6, 6.07) is 8.09. The van der Waals surface area contributed by atoms with E-state index in [9.17, 15) is 31.7 Å². The van der Waals surface area contributed by atoms with Crippen molar-refractivity contribution in [2.24, 2.45) is 0 Å². The molecule has 0 N–H and O–H groups in total. The van der Waals surface area contributed by atoms with Gasteiger partial charge in [-0.25, -0.2) is 21.6 Å². The van der Waals surface area contributed by atoms with E-state index in [0.717, 1.165) is 12.3 Å². The highest BCUT2D eigenvalue weighted by atomic mass is 32.2. The van der Waals surface area contributed by atoms with Crippen LogP contribution in [0, 0.1) is 27.6 Å². The summed E-state index contributed by atoms with van der Waals surface area (Å²) in [4.78, 5) is 10.9. The summed E-state index contributed by atoms with van der Waals surface area (Å²) in [5.41, 5.74) is -0.805. The third-order valence-corrected chi connectivity index (χ3v) is 5.87. The molecule has 0 radical (unpaired) electrons. The Morgan fingerprint density at radius 1 is 1.00 bits per heavy atom. The van der Waals surface area contributed by atoms with E-state index in [0.29, 0.717) is 28.5 Å². The summed E-state index contributed by atoms with van der Waals surface area (Å²) < 4.78 is 70.3. The summed E-state index contributed by atoms with van der Waals surface area (Å²) in [6.45, 7) is 0. The van der Waals surface area contributed by atoms with E-state index in [-0.39, 0.29) is 10.6 Å². The first-order valence-corrected chi connectivity index (χ1v) is 10.4. The van der Waals surface area contributed by atoms with Crippen molar-refractivity contribution in [3.63, 3.8) is 0 Å². The lowest BCUT2D eigenvalue weighted by atomic mass is 9.96. The Bertz CT molecular complexity index is 1370. The van der Waals surface area contributed by atoms with Gasteiger partial charge in [0, 0.05) is 29.5 Å². The molecule has 1 aliphatic rings. The van der Waals surface area contributed by atoms with Crippen molar-refractivity contribution in [1.82, 2.24) is 0 Å². The highest BCUT2D eigenvalue weighted by molar-refractivity contribution is 7.90. The monoisotopic (exact) mass is 435 g/mol. The molecule has 1 atom stereocenters. The molecule has 1 aliphatic heterocycles. The van der Waals surface area contributed by atoms with E-state index < -0.39 is 49.6 Å². The summed E-state index contributed by atoms with van der Waals surface area (Å²) in [5.74, 6) is -3.83. The maximum absolute atomic E-state index is 14.2. The van der Waals surface area contributed by atoms with Gasteiger partial charge in [-0.3, -0.25) is 10.1 Å². The lowest BCUT2D eigenvalue weighted by molar-refractivity contribution is -0.434. The van der Waals surface area contributed by atoms with Gasteiger partial charge in [-0.05, 0) is 35.0 Å². The average molecular weight is 435 g/mol. The number of hydrogen-bond donors (Lipinski definition) is 0. The van der Waals surface area contributed by atoms with Crippen LogP contribution in [0.15, 0.2) is 53.1 Å². The van der Waals surface area contributed by atoms with E-state index in [1.54, 1.807) is 6.07 Å². The SMILES string of the molecule is CS(=O)(=O)c1ccc2c3c(ccc2c1)OC(c1cc(F)c(F)cc1F)C([N+](=O)[O-])=C3. The lowest BCUT2D eigenvalue weighted by Crippen LogP contribution is -2.21. The summed E-state index contributed by atoms with van der Waals surface area (Å²) >= 11 is 0. The van der Waals surface area contributed by atoms with Gasteiger partial charge >= 0.3 is 0 Å². The van der Waals surface area contributed by atoms with E-state index in [1.807, 2.05) is 0 Å². The highest BCUT2D eigenvalue weighted by Crippen LogP contribution is 2.42.